The first-order chi connectivity index (χ1) is 11.6. The van der Waals surface area contributed by atoms with E-state index in [-0.39, 0.29) is 17.2 Å². The summed E-state index contributed by atoms with van der Waals surface area (Å²) in [4.78, 5) is 9.04. The van der Waals surface area contributed by atoms with E-state index in [4.69, 9.17) is 11.5 Å². The van der Waals surface area contributed by atoms with Crippen LogP contribution in [-0.4, -0.2) is 19.1 Å². The predicted octanol–water partition coefficient (Wildman–Crippen LogP) is 3.02. The molecule has 0 amide bonds. The van der Waals surface area contributed by atoms with Crippen LogP contribution in [0.4, 0.5) is 34.6 Å². The van der Waals surface area contributed by atoms with Gasteiger partial charge in [0.2, 0.25) is 11.6 Å². The summed E-state index contributed by atoms with van der Waals surface area (Å²) in [7, 11) is 2.45. The summed E-state index contributed by atoms with van der Waals surface area (Å²) in [5, 5.41) is 10.2. The SMILES string of the molecule is COc1cc(F)c([N+](=O)[O-])c(F)c1N.COc1cc(F)cc(F)c1N. The number of hydrogen-bond acceptors (Lipinski definition) is 6. The van der Waals surface area contributed by atoms with E-state index in [1.165, 1.54) is 7.11 Å². The fourth-order valence-electron chi connectivity index (χ4n) is 1.67. The van der Waals surface area contributed by atoms with Gasteiger partial charge in [0.05, 0.1) is 19.1 Å². The molecule has 0 unspecified atom stereocenters. The van der Waals surface area contributed by atoms with Crippen molar-refractivity contribution in [3.05, 3.63) is 51.6 Å². The van der Waals surface area contributed by atoms with Crippen molar-refractivity contribution >= 4 is 17.1 Å². The third kappa shape index (κ3) is 4.40. The first-order valence-corrected chi connectivity index (χ1v) is 6.38. The largest absolute Gasteiger partial charge is 0.494 e. The fourth-order valence-corrected chi connectivity index (χ4v) is 1.67. The molecule has 2 rings (SSSR count). The molecule has 2 aromatic rings. The lowest BCUT2D eigenvalue weighted by molar-refractivity contribution is -0.390. The van der Waals surface area contributed by atoms with E-state index < -0.39 is 39.6 Å². The van der Waals surface area contributed by atoms with Crippen LogP contribution in [0.25, 0.3) is 0 Å². The normalized spacial score (nSPS) is 9.84. The van der Waals surface area contributed by atoms with Gasteiger partial charge in [-0.2, -0.15) is 8.78 Å². The summed E-state index contributed by atoms with van der Waals surface area (Å²) in [6.07, 6.45) is 0. The van der Waals surface area contributed by atoms with Gasteiger partial charge in [-0.25, -0.2) is 8.78 Å². The van der Waals surface area contributed by atoms with E-state index in [0.717, 1.165) is 13.2 Å². The Hall–Kier alpha value is -3.24. The number of nitro benzene ring substituents is 1. The molecule has 0 bridgehead atoms. The van der Waals surface area contributed by atoms with Crippen molar-refractivity contribution in [2.75, 3.05) is 25.7 Å². The lowest BCUT2D eigenvalue weighted by atomic mass is 10.2. The van der Waals surface area contributed by atoms with Crippen molar-refractivity contribution in [1.82, 2.24) is 0 Å². The van der Waals surface area contributed by atoms with E-state index >= 15 is 0 Å². The molecular formula is C14H13F4N3O4. The highest BCUT2D eigenvalue weighted by Gasteiger charge is 2.26. The van der Waals surface area contributed by atoms with E-state index in [1.807, 2.05) is 0 Å². The molecule has 0 aliphatic rings. The number of halogens is 4. The van der Waals surface area contributed by atoms with E-state index in [2.05, 4.69) is 9.47 Å². The minimum Gasteiger partial charge on any atom is -0.494 e. The third-order valence-corrected chi connectivity index (χ3v) is 2.87. The Morgan fingerprint density at radius 1 is 0.920 bits per heavy atom. The quantitative estimate of drug-likeness (QED) is 0.375. The smallest absolute Gasteiger partial charge is 0.342 e. The second-order valence-corrected chi connectivity index (χ2v) is 4.40. The number of nitrogen functional groups attached to an aromatic ring is 2. The Labute approximate surface area is 138 Å². The third-order valence-electron chi connectivity index (χ3n) is 2.87. The molecule has 0 saturated carbocycles. The summed E-state index contributed by atoms with van der Waals surface area (Å²) in [6.45, 7) is 0. The zero-order valence-corrected chi connectivity index (χ0v) is 13.0. The van der Waals surface area contributed by atoms with Crippen LogP contribution in [0, 0.1) is 33.4 Å². The molecule has 0 atom stereocenters. The number of ether oxygens (including phenoxy) is 2. The highest BCUT2D eigenvalue weighted by Crippen LogP contribution is 2.33. The fraction of sp³-hybridized carbons (Fsp3) is 0.143. The molecule has 7 nitrogen and oxygen atoms in total. The maximum Gasteiger partial charge on any atom is 0.342 e. The monoisotopic (exact) mass is 363 g/mol. The van der Waals surface area contributed by atoms with Gasteiger partial charge >= 0.3 is 5.69 Å². The van der Waals surface area contributed by atoms with Crippen molar-refractivity contribution in [3.8, 4) is 11.5 Å². The number of nitrogens with zero attached hydrogens (tertiary/aromatic N) is 1. The summed E-state index contributed by atoms with van der Waals surface area (Å²) in [6, 6.07) is 2.40. The first-order valence-electron chi connectivity index (χ1n) is 6.38. The van der Waals surface area contributed by atoms with Crippen LogP contribution in [0.2, 0.25) is 0 Å². The van der Waals surface area contributed by atoms with Gasteiger partial charge in [-0.15, -0.1) is 0 Å². The Morgan fingerprint density at radius 3 is 1.92 bits per heavy atom. The molecule has 0 heterocycles. The van der Waals surface area contributed by atoms with Crippen LogP contribution in [-0.2, 0) is 0 Å². The molecule has 0 aliphatic heterocycles. The van der Waals surface area contributed by atoms with Gasteiger partial charge in [0.25, 0.3) is 0 Å². The van der Waals surface area contributed by atoms with Crippen LogP contribution in [0.15, 0.2) is 18.2 Å². The summed E-state index contributed by atoms with van der Waals surface area (Å²) >= 11 is 0. The topological polar surface area (TPSA) is 114 Å². The van der Waals surface area contributed by atoms with Gasteiger partial charge in [0.15, 0.2) is 5.82 Å². The number of benzene rings is 2. The van der Waals surface area contributed by atoms with Crippen molar-refractivity contribution in [2.45, 2.75) is 0 Å². The molecule has 0 radical (unpaired) electrons. The van der Waals surface area contributed by atoms with Crippen molar-refractivity contribution in [1.29, 1.82) is 0 Å². The van der Waals surface area contributed by atoms with E-state index in [1.54, 1.807) is 0 Å². The molecule has 0 spiro atoms. The molecule has 0 aliphatic carbocycles. The zero-order valence-electron chi connectivity index (χ0n) is 13.0. The summed E-state index contributed by atoms with van der Waals surface area (Å²) in [5.74, 6) is -4.51. The maximum atomic E-state index is 13.1. The van der Waals surface area contributed by atoms with Crippen molar-refractivity contribution < 1.29 is 32.0 Å². The Morgan fingerprint density at radius 2 is 1.44 bits per heavy atom. The second kappa shape index (κ2) is 8.04. The van der Waals surface area contributed by atoms with Gasteiger partial charge in [-0.05, 0) is 0 Å². The van der Waals surface area contributed by atoms with E-state index in [9.17, 15) is 27.7 Å². The number of methoxy groups -OCH3 is 2. The molecule has 0 fully saturated rings. The molecule has 25 heavy (non-hydrogen) atoms. The lowest BCUT2D eigenvalue weighted by Crippen LogP contribution is -2.03. The average molecular weight is 363 g/mol. The molecular weight excluding hydrogens is 350 g/mol. The lowest BCUT2D eigenvalue weighted by Gasteiger charge is -2.05. The predicted molar refractivity (Wildman–Crippen MR) is 81.3 cm³/mol. The molecule has 136 valence electrons. The Kier molecular flexibility index (Phi) is 6.37. The maximum absolute atomic E-state index is 13.1. The van der Waals surface area contributed by atoms with Crippen LogP contribution >= 0.6 is 0 Å². The zero-order chi connectivity index (χ0) is 19.3. The first kappa shape index (κ1) is 19.8. The van der Waals surface area contributed by atoms with E-state index in [0.29, 0.717) is 12.1 Å². The number of nitrogens with two attached hydrogens (primary N) is 2. The minimum atomic E-state index is -1.42. The molecule has 2 aromatic carbocycles. The summed E-state index contributed by atoms with van der Waals surface area (Å²) < 4.78 is 60.1. The average Bonchev–Trinajstić information content (AvgIpc) is 2.54. The number of nitro groups is 1. The molecule has 0 aromatic heterocycles. The van der Waals surface area contributed by atoms with Crippen LogP contribution in [0.1, 0.15) is 0 Å². The summed E-state index contributed by atoms with van der Waals surface area (Å²) in [5.41, 5.74) is 8.30. The van der Waals surface area contributed by atoms with Crippen LogP contribution in [0.3, 0.4) is 0 Å². The highest BCUT2D eigenvalue weighted by atomic mass is 19.1. The Balaban J connectivity index is 0.000000257. The second-order valence-electron chi connectivity index (χ2n) is 4.40. The van der Waals surface area contributed by atoms with Gasteiger partial charge in [-0.3, -0.25) is 10.1 Å². The van der Waals surface area contributed by atoms with Gasteiger partial charge < -0.3 is 20.9 Å². The van der Waals surface area contributed by atoms with Crippen LogP contribution < -0.4 is 20.9 Å². The number of rotatable bonds is 3. The highest BCUT2D eigenvalue weighted by molar-refractivity contribution is 5.60. The van der Waals surface area contributed by atoms with Gasteiger partial charge in [0.1, 0.15) is 28.7 Å². The van der Waals surface area contributed by atoms with Crippen molar-refractivity contribution in [3.63, 3.8) is 0 Å². The standard InChI is InChI=1S/C7H6F2N2O3.C7H7F2NO/c1-14-4-2-3(8)7(11(12)13)5(9)6(4)10;1-11-6-3-4(8)2-5(9)7(6)10/h2H,10H2,1H3;2-3H,10H2,1H3. The molecule has 4 N–H and O–H groups in total. The number of anilines is 2. The van der Waals surface area contributed by atoms with Crippen LogP contribution in [0.5, 0.6) is 11.5 Å². The van der Waals surface area contributed by atoms with Gasteiger partial charge in [-0.1, -0.05) is 0 Å². The molecule has 0 saturated heterocycles. The van der Waals surface area contributed by atoms with Gasteiger partial charge in [0, 0.05) is 18.2 Å². The minimum absolute atomic E-state index is 0.0162. The molecule has 11 heteroatoms. The number of hydrogen-bond donors (Lipinski definition) is 2. The Bertz CT molecular complexity index is 802. The van der Waals surface area contributed by atoms with Crippen molar-refractivity contribution in [2.24, 2.45) is 0 Å².